The van der Waals surface area contributed by atoms with Gasteiger partial charge in [0, 0.05) is 16.6 Å². The summed E-state index contributed by atoms with van der Waals surface area (Å²) >= 11 is 0. The van der Waals surface area contributed by atoms with Crippen LogP contribution in [-0.2, 0) is 11.8 Å². The Labute approximate surface area is 110 Å². The Morgan fingerprint density at radius 2 is 2.00 bits per heavy atom. The monoisotopic (exact) mass is 244 g/mol. The third-order valence-electron chi connectivity index (χ3n) is 3.90. The normalized spacial score (nSPS) is 12.3. The zero-order valence-corrected chi connectivity index (χ0v) is 11.9. The predicted octanol–water partition coefficient (Wildman–Crippen LogP) is 3.67. The van der Waals surface area contributed by atoms with Crippen molar-refractivity contribution in [1.29, 1.82) is 0 Å². The molecule has 0 aliphatic heterocycles. The molecule has 0 aliphatic carbocycles. The third kappa shape index (κ3) is 2.17. The van der Waals surface area contributed by atoms with E-state index in [-0.39, 0.29) is 5.41 Å². The molecule has 0 bridgehead atoms. The lowest BCUT2D eigenvalue weighted by molar-refractivity contribution is 0.489. The van der Waals surface area contributed by atoms with Gasteiger partial charge in [0.2, 0.25) is 0 Å². The highest BCUT2D eigenvalue weighted by molar-refractivity contribution is 5.86. The Kier molecular flexibility index (Phi) is 3.49. The number of hydrogen-bond donors (Lipinski definition) is 2. The molecule has 2 rings (SSSR count). The van der Waals surface area contributed by atoms with E-state index in [1.165, 1.54) is 27.7 Å². The largest absolute Gasteiger partial charge is 0.358 e. The number of nitrogens with two attached hydrogens (primary N) is 1. The van der Waals surface area contributed by atoms with Gasteiger partial charge in [-0.2, -0.15) is 0 Å². The lowest BCUT2D eigenvalue weighted by Crippen LogP contribution is -2.22. The summed E-state index contributed by atoms with van der Waals surface area (Å²) in [6.07, 6.45) is 2.09. The molecule has 1 aromatic heterocycles. The molecule has 1 aromatic carbocycles. The van der Waals surface area contributed by atoms with Gasteiger partial charge < -0.3 is 10.7 Å². The Morgan fingerprint density at radius 3 is 2.61 bits per heavy atom. The molecule has 2 aromatic rings. The quantitative estimate of drug-likeness (QED) is 0.846. The van der Waals surface area contributed by atoms with E-state index >= 15 is 0 Å². The SMILES string of the molecule is CCc1ccc2[nH]c(C)c(C(C)(C)CCN)c2c1. The van der Waals surface area contributed by atoms with Crippen LogP contribution in [0, 0.1) is 6.92 Å². The predicted molar refractivity (Wildman–Crippen MR) is 79.1 cm³/mol. The summed E-state index contributed by atoms with van der Waals surface area (Å²) in [5.41, 5.74) is 11.2. The second-order valence-corrected chi connectivity index (χ2v) is 5.78. The molecular formula is C16H24N2. The first-order valence-corrected chi connectivity index (χ1v) is 6.81. The molecule has 0 unspecified atom stereocenters. The van der Waals surface area contributed by atoms with Crippen LogP contribution in [-0.4, -0.2) is 11.5 Å². The maximum atomic E-state index is 5.76. The molecule has 0 atom stereocenters. The summed E-state index contributed by atoms with van der Waals surface area (Å²) < 4.78 is 0. The van der Waals surface area contributed by atoms with E-state index in [1.807, 2.05) is 0 Å². The summed E-state index contributed by atoms with van der Waals surface area (Å²) in [6.45, 7) is 9.67. The number of H-pyrrole nitrogens is 1. The number of hydrogen-bond acceptors (Lipinski definition) is 1. The number of aryl methyl sites for hydroxylation is 2. The zero-order chi connectivity index (χ0) is 13.3. The minimum atomic E-state index is 0.128. The minimum Gasteiger partial charge on any atom is -0.358 e. The summed E-state index contributed by atoms with van der Waals surface area (Å²) in [7, 11) is 0. The van der Waals surface area contributed by atoms with Crippen LogP contribution in [0.4, 0.5) is 0 Å². The molecule has 0 saturated heterocycles. The zero-order valence-electron chi connectivity index (χ0n) is 11.9. The van der Waals surface area contributed by atoms with Gasteiger partial charge in [-0.3, -0.25) is 0 Å². The van der Waals surface area contributed by atoms with E-state index in [0.29, 0.717) is 0 Å². The van der Waals surface area contributed by atoms with Crippen molar-refractivity contribution >= 4 is 10.9 Å². The van der Waals surface area contributed by atoms with Gasteiger partial charge in [0.1, 0.15) is 0 Å². The van der Waals surface area contributed by atoms with Crippen LogP contribution in [0.2, 0.25) is 0 Å². The molecule has 2 heteroatoms. The van der Waals surface area contributed by atoms with E-state index < -0.39 is 0 Å². The third-order valence-corrected chi connectivity index (χ3v) is 3.90. The Bertz CT molecular complexity index is 549. The van der Waals surface area contributed by atoms with Crippen molar-refractivity contribution in [2.45, 2.75) is 46.0 Å². The summed E-state index contributed by atoms with van der Waals surface area (Å²) in [5.74, 6) is 0. The highest BCUT2D eigenvalue weighted by atomic mass is 14.7. The fraction of sp³-hybridized carbons (Fsp3) is 0.500. The lowest BCUT2D eigenvalue weighted by Gasteiger charge is -2.25. The first-order valence-electron chi connectivity index (χ1n) is 6.81. The fourth-order valence-electron chi connectivity index (χ4n) is 2.95. The van der Waals surface area contributed by atoms with Crippen molar-refractivity contribution in [3.8, 4) is 0 Å². The van der Waals surface area contributed by atoms with Crippen LogP contribution in [0.15, 0.2) is 18.2 Å². The standard InChI is InChI=1S/C16H24N2/c1-5-12-6-7-14-13(10-12)15(11(2)18-14)16(3,4)8-9-17/h6-7,10,18H,5,8-9,17H2,1-4H3. The molecule has 1 heterocycles. The number of aromatic amines is 1. The number of nitrogens with one attached hydrogen (secondary N) is 1. The van der Waals surface area contributed by atoms with E-state index in [2.05, 4.69) is 50.9 Å². The maximum absolute atomic E-state index is 5.76. The molecule has 0 fully saturated rings. The van der Waals surface area contributed by atoms with Crippen molar-refractivity contribution in [2.24, 2.45) is 5.73 Å². The van der Waals surface area contributed by atoms with Crippen molar-refractivity contribution in [2.75, 3.05) is 6.54 Å². The van der Waals surface area contributed by atoms with Crippen molar-refractivity contribution in [3.63, 3.8) is 0 Å². The summed E-state index contributed by atoms with van der Waals surface area (Å²) in [4.78, 5) is 3.50. The lowest BCUT2D eigenvalue weighted by atomic mass is 9.80. The molecule has 0 amide bonds. The van der Waals surface area contributed by atoms with Crippen LogP contribution < -0.4 is 5.73 Å². The highest BCUT2D eigenvalue weighted by Gasteiger charge is 2.25. The Balaban J connectivity index is 2.64. The van der Waals surface area contributed by atoms with E-state index in [4.69, 9.17) is 5.73 Å². The van der Waals surface area contributed by atoms with E-state index in [9.17, 15) is 0 Å². The van der Waals surface area contributed by atoms with Crippen LogP contribution in [0.5, 0.6) is 0 Å². The highest BCUT2D eigenvalue weighted by Crippen LogP contribution is 2.35. The van der Waals surface area contributed by atoms with Gasteiger partial charge in [-0.1, -0.05) is 26.8 Å². The second kappa shape index (κ2) is 4.77. The number of rotatable bonds is 4. The van der Waals surface area contributed by atoms with Gasteiger partial charge in [0.05, 0.1) is 0 Å². The molecular weight excluding hydrogens is 220 g/mol. The maximum Gasteiger partial charge on any atom is 0.0459 e. The topological polar surface area (TPSA) is 41.8 Å². The number of aromatic nitrogens is 1. The van der Waals surface area contributed by atoms with Crippen LogP contribution in [0.3, 0.4) is 0 Å². The first kappa shape index (κ1) is 13.2. The van der Waals surface area contributed by atoms with Gasteiger partial charge in [-0.25, -0.2) is 0 Å². The Morgan fingerprint density at radius 1 is 1.28 bits per heavy atom. The van der Waals surface area contributed by atoms with Crippen LogP contribution in [0.1, 0.15) is 44.0 Å². The van der Waals surface area contributed by atoms with Gasteiger partial charge in [-0.15, -0.1) is 0 Å². The molecule has 0 aliphatic rings. The van der Waals surface area contributed by atoms with Crippen molar-refractivity contribution in [3.05, 3.63) is 35.0 Å². The second-order valence-electron chi connectivity index (χ2n) is 5.78. The van der Waals surface area contributed by atoms with E-state index in [1.54, 1.807) is 0 Å². The molecule has 18 heavy (non-hydrogen) atoms. The molecule has 0 saturated carbocycles. The molecule has 0 radical (unpaired) electrons. The van der Waals surface area contributed by atoms with Crippen molar-refractivity contribution in [1.82, 2.24) is 4.98 Å². The Hall–Kier alpha value is -1.28. The summed E-state index contributed by atoms with van der Waals surface area (Å²) in [5, 5.41) is 1.37. The molecule has 2 nitrogen and oxygen atoms in total. The van der Waals surface area contributed by atoms with E-state index in [0.717, 1.165) is 19.4 Å². The van der Waals surface area contributed by atoms with Crippen molar-refractivity contribution < 1.29 is 0 Å². The van der Waals surface area contributed by atoms with Gasteiger partial charge >= 0.3 is 0 Å². The van der Waals surface area contributed by atoms with Gasteiger partial charge in [-0.05, 0) is 55.0 Å². The molecule has 0 spiro atoms. The molecule has 98 valence electrons. The number of fused-ring (bicyclic) bond motifs is 1. The van der Waals surface area contributed by atoms with Crippen LogP contribution in [0.25, 0.3) is 10.9 Å². The molecule has 3 N–H and O–H groups in total. The fourth-order valence-corrected chi connectivity index (χ4v) is 2.95. The first-order chi connectivity index (χ1) is 8.49. The van der Waals surface area contributed by atoms with Gasteiger partial charge in [0.15, 0.2) is 0 Å². The summed E-state index contributed by atoms with van der Waals surface area (Å²) in [6, 6.07) is 6.73. The average Bonchev–Trinajstić information content (AvgIpc) is 2.64. The van der Waals surface area contributed by atoms with Gasteiger partial charge in [0.25, 0.3) is 0 Å². The smallest absolute Gasteiger partial charge is 0.0459 e. The van der Waals surface area contributed by atoms with Crippen LogP contribution >= 0.6 is 0 Å². The minimum absolute atomic E-state index is 0.128. The number of benzene rings is 1. The average molecular weight is 244 g/mol.